The highest BCUT2D eigenvalue weighted by Crippen LogP contribution is 2.14. The van der Waals surface area contributed by atoms with Crippen LogP contribution in [0.5, 0.6) is 5.88 Å². The normalized spacial score (nSPS) is 10.3. The summed E-state index contributed by atoms with van der Waals surface area (Å²) in [7, 11) is 1.91. The van der Waals surface area contributed by atoms with Gasteiger partial charge in [-0.05, 0) is 36.4 Å². The van der Waals surface area contributed by atoms with Crippen molar-refractivity contribution in [2.75, 3.05) is 7.05 Å². The van der Waals surface area contributed by atoms with Crippen molar-refractivity contribution in [2.45, 2.75) is 13.2 Å². The van der Waals surface area contributed by atoms with Crippen LogP contribution in [0.2, 0.25) is 5.02 Å². The van der Waals surface area contributed by atoms with E-state index in [4.69, 9.17) is 16.3 Å². The van der Waals surface area contributed by atoms with Gasteiger partial charge in [0.2, 0.25) is 5.88 Å². The third-order valence-corrected chi connectivity index (χ3v) is 2.69. The summed E-state index contributed by atoms with van der Waals surface area (Å²) in [5, 5.41) is 3.81. The third kappa shape index (κ3) is 3.72. The Balaban J connectivity index is 1.99. The Morgan fingerprint density at radius 1 is 1.22 bits per heavy atom. The van der Waals surface area contributed by atoms with E-state index in [2.05, 4.69) is 10.3 Å². The Kier molecular flexibility index (Phi) is 4.56. The number of hydrogen-bond donors (Lipinski definition) is 1. The molecule has 1 heterocycles. The molecule has 0 aliphatic carbocycles. The van der Waals surface area contributed by atoms with Crippen molar-refractivity contribution < 1.29 is 4.74 Å². The van der Waals surface area contributed by atoms with Crippen LogP contribution < -0.4 is 10.1 Å². The lowest BCUT2D eigenvalue weighted by Gasteiger charge is -2.07. The Hall–Kier alpha value is -1.58. The number of aromatic nitrogens is 1. The molecule has 1 aromatic carbocycles. The highest BCUT2D eigenvalue weighted by molar-refractivity contribution is 6.30. The van der Waals surface area contributed by atoms with Gasteiger partial charge in [0.1, 0.15) is 6.61 Å². The third-order valence-electron chi connectivity index (χ3n) is 2.46. The second-order valence-corrected chi connectivity index (χ2v) is 4.39. The fourth-order valence-electron chi connectivity index (χ4n) is 1.63. The van der Waals surface area contributed by atoms with E-state index in [1.807, 2.05) is 43.4 Å². The van der Waals surface area contributed by atoms with E-state index in [9.17, 15) is 0 Å². The van der Waals surface area contributed by atoms with E-state index in [1.165, 1.54) is 0 Å². The molecule has 2 rings (SSSR count). The van der Waals surface area contributed by atoms with Crippen LogP contribution in [-0.2, 0) is 13.2 Å². The lowest BCUT2D eigenvalue weighted by Crippen LogP contribution is -2.05. The molecule has 0 bridgehead atoms. The van der Waals surface area contributed by atoms with Crippen LogP contribution in [-0.4, -0.2) is 12.0 Å². The largest absolute Gasteiger partial charge is 0.473 e. The van der Waals surface area contributed by atoms with Gasteiger partial charge in [-0.25, -0.2) is 4.98 Å². The zero-order valence-corrected chi connectivity index (χ0v) is 10.9. The van der Waals surface area contributed by atoms with Gasteiger partial charge in [-0.1, -0.05) is 23.7 Å². The predicted molar refractivity (Wildman–Crippen MR) is 72.8 cm³/mol. The molecule has 0 aliphatic rings. The van der Waals surface area contributed by atoms with Gasteiger partial charge in [0, 0.05) is 23.8 Å². The fraction of sp³-hybridized carbons (Fsp3) is 0.214. The van der Waals surface area contributed by atoms with E-state index in [0.29, 0.717) is 17.5 Å². The first-order valence-corrected chi connectivity index (χ1v) is 6.12. The van der Waals surface area contributed by atoms with Crippen LogP contribution in [0.25, 0.3) is 0 Å². The van der Waals surface area contributed by atoms with Crippen molar-refractivity contribution in [1.29, 1.82) is 0 Å². The number of rotatable bonds is 5. The van der Waals surface area contributed by atoms with E-state index >= 15 is 0 Å². The minimum atomic E-state index is 0.469. The lowest BCUT2D eigenvalue weighted by molar-refractivity contribution is 0.293. The molecular weight excluding hydrogens is 248 g/mol. The number of benzene rings is 1. The molecule has 0 saturated carbocycles. The first kappa shape index (κ1) is 12.9. The molecule has 0 aliphatic heterocycles. The van der Waals surface area contributed by atoms with Gasteiger partial charge in [-0.3, -0.25) is 0 Å². The summed E-state index contributed by atoms with van der Waals surface area (Å²) in [4.78, 5) is 4.18. The van der Waals surface area contributed by atoms with Gasteiger partial charge in [-0.2, -0.15) is 0 Å². The van der Waals surface area contributed by atoms with Crippen LogP contribution >= 0.6 is 11.6 Å². The Labute approximate surface area is 112 Å². The maximum absolute atomic E-state index is 5.91. The molecule has 0 atom stereocenters. The zero-order chi connectivity index (χ0) is 12.8. The van der Waals surface area contributed by atoms with Crippen LogP contribution in [0.4, 0.5) is 0 Å². The number of pyridine rings is 1. The molecule has 0 saturated heterocycles. The summed E-state index contributed by atoms with van der Waals surface area (Å²) >= 11 is 5.91. The lowest BCUT2D eigenvalue weighted by atomic mass is 10.2. The van der Waals surface area contributed by atoms with Gasteiger partial charge in [0.15, 0.2) is 0 Å². The van der Waals surface area contributed by atoms with Crippen LogP contribution in [0.15, 0.2) is 42.6 Å². The summed E-state index contributed by atoms with van der Waals surface area (Å²) in [6.45, 7) is 1.27. The second kappa shape index (κ2) is 6.38. The highest BCUT2D eigenvalue weighted by Gasteiger charge is 1.99. The maximum Gasteiger partial charge on any atom is 0.213 e. The summed E-state index contributed by atoms with van der Waals surface area (Å²) in [5.74, 6) is 0.628. The molecule has 2 aromatic rings. The number of ether oxygens (including phenoxy) is 1. The van der Waals surface area contributed by atoms with Crippen molar-refractivity contribution in [3.63, 3.8) is 0 Å². The molecule has 94 valence electrons. The van der Waals surface area contributed by atoms with Crippen molar-refractivity contribution in [3.05, 3.63) is 58.7 Å². The standard InChI is InChI=1S/C14H15ClN2O/c1-16-9-11-5-6-17-14(8-11)18-10-12-3-2-4-13(15)7-12/h2-8,16H,9-10H2,1H3. The van der Waals surface area contributed by atoms with Gasteiger partial charge in [-0.15, -0.1) is 0 Å². The van der Waals surface area contributed by atoms with E-state index in [-0.39, 0.29) is 0 Å². The van der Waals surface area contributed by atoms with Gasteiger partial charge in [0.25, 0.3) is 0 Å². The summed E-state index contributed by atoms with van der Waals surface area (Å²) < 4.78 is 5.64. The summed E-state index contributed by atoms with van der Waals surface area (Å²) in [6, 6.07) is 11.5. The first-order valence-electron chi connectivity index (χ1n) is 5.74. The smallest absolute Gasteiger partial charge is 0.213 e. The van der Waals surface area contributed by atoms with Crippen LogP contribution in [0.1, 0.15) is 11.1 Å². The predicted octanol–water partition coefficient (Wildman–Crippen LogP) is 3.03. The van der Waals surface area contributed by atoms with Crippen molar-refractivity contribution in [2.24, 2.45) is 0 Å². The number of halogens is 1. The minimum absolute atomic E-state index is 0.469. The van der Waals surface area contributed by atoms with Crippen molar-refractivity contribution in [3.8, 4) is 5.88 Å². The molecule has 1 aromatic heterocycles. The van der Waals surface area contributed by atoms with E-state index < -0.39 is 0 Å². The summed E-state index contributed by atoms with van der Waals surface area (Å²) in [6.07, 6.45) is 1.75. The SMILES string of the molecule is CNCc1ccnc(OCc2cccc(Cl)c2)c1. The molecule has 0 spiro atoms. The Morgan fingerprint density at radius 2 is 2.11 bits per heavy atom. The Morgan fingerprint density at radius 3 is 2.89 bits per heavy atom. The van der Waals surface area contributed by atoms with E-state index in [1.54, 1.807) is 6.20 Å². The Bertz CT molecular complexity index is 517. The molecule has 1 N–H and O–H groups in total. The number of hydrogen-bond acceptors (Lipinski definition) is 3. The number of nitrogens with zero attached hydrogens (tertiary/aromatic N) is 1. The average Bonchev–Trinajstić information content (AvgIpc) is 2.37. The quantitative estimate of drug-likeness (QED) is 0.899. The number of nitrogens with one attached hydrogen (secondary N) is 1. The molecule has 4 heteroatoms. The van der Waals surface area contributed by atoms with Gasteiger partial charge >= 0.3 is 0 Å². The van der Waals surface area contributed by atoms with Crippen LogP contribution in [0, 0.1) is 0 Å². The average molecular weight is 263 g/mol. The van der Waals surface area contributed by atoms with Crippen molar-refractivity contribution >= 4 is 11.6 Å². The molecule has 0 amide bonds. The molecule has 18 heavy (non-hydrogen) atoms. The summed E-state index contributed by atoms with van der Waals surface area (Å²) in [5.41, 5.74) is 2.18. The molecule has 0 fully saturated rings. The molecule has 0 unspecified atom stereocenters. The highest BCUT2D eigenvalue weighted by atomic mass is 35.5. The fourth-order valence-corrected chi connectivity index (χ4v) is 1.84. The molecular formula is C14H15ClN2O. The topological polar surface area (TPSA) is 34.2 Å². The monoisotopic (exact) mass is 262 g/mol. The second-order valence-electron chi connectivity index (χ2n) is 3.95. The maximum atomic E-state index is 5.91. The zero-order valence-electron chi connectivity index (χ0n) is 10.2. The van der Waals surface area contributed by atoms with Gasteiger partial charge < -0.3 is 10.1 Å². The molecule has 0 radical (unpaired) electrons. The van der Waals surface area contributed by atoms with Crippen LogP contribution in [0.3, 0.4) is 0 Å². The van der Waals surface area contributed by atoms with E-state index in [0.717, 1.165) is 17.7 Å². The van der Waals surface area contributed by atoms with Gasteiger partial charge in [0.05, 0.1) is 0 Å². The molecule has 3 nitrogen and oxygen atoms in total. The van der Waals surface area contributed by atoms with Crippen molar-refractivity contribution in [1.82, 2.24) is 10.3 Å². The first-order chi connectivity index (χ1) is 8.78. The minimum Gasteiger partial charge on any atom is -0.473 e.